The predicted octanol–water partition coefficient (Wildman–Crippen LogP) is 2.44. The lowest BCUT2D eigenvalue weighted by molar-refractivity contribution is -0.496. The van der Waals surface area contributed by atoms with Crippen molar-refractivity contribution in [2.75, 3.05) is 14.2 Å². The van der Waals surface area contributed by atoms with Crippen molar-refractivity contribution in [1.82, 2.24) is 0 Å². The summed E-state index contributed by atoms with van der Waals surface area (Å²) in [5.41, 5.74) is -0.521. The molecule has 1 heterocycles. The Morgan fingerprint density at radius 1 is 1.33 bits per heavy atom. The number of unbranched alkanes of at least 4 members (excludes halogenated alkanes) is 1. The molecule has 0 spiro atoms. The lowest BCUT2D eigenvalue weighted by atomic mass is 9.83. The molecule has 0 aromatic rings. The number of hydrogen-bond acceptors (Lipinski definition) is 5. The van der Waals surface area contributed by atoms with E-state index in [2.05, 4.69) is 6.92 Å². The molecule has 0 aromatic heterocycles. The van der Waals surface area contributed by atoms with E-state index in [-0.39, 0.29) is 5.97 Å². The topological polar surface area (TPSA) is 54.0 Å². The highest BCUT2D eigenvalue weighted by atomic mass is 17.2. The van der Waals surface area contributed by atoms with Gasteiger partial charge in [0, 0.05) is 13.5 Å². The van der Waals surface area contributed by atoms with Gasteiger partial charge in [-0.05, 0) is 26.7 Å². The van der Waals surface area contributed by atoms with Gasteiger partial charge in [0.2, 0.25) is 5.79 Å². The number of rotatable bonds is 5. The molecule has 106 valence electrons. The quantitative estimate of drug-likeness (QED) is 0.561. The molecule has 5 nitrogen and oxygen atoms in total. The van der Waals surface area contributed by atoms with Crippen LogP contribution in [0, 0.1) is 5.92 Å². The van der Waals surface area contributed by atoms with E-state index in [4.69, 9.17) is 19.2 Å². The molecular formula is C13H24O5. The van der Waals surface area contributed by atoms with Crippen LogP contribution in [0.2, 0.25) is 0 Å². The summed E-state index contributed by atoms with van der Waals surface area (Å²) in [6, 6.07) is 0. The molecule has 0 bridgehead atoms. The van der Waals surface area contributed by atoms with E-state index < -0.39 is 17.3 Å². The molecule has 0 amide bonds. The van der Waals surface area contributed by atoms with E-state index in [1.165, 1.54) is 14.2 Å². The van der Waals surface area contributed by atoms with Crippen molar-refractivity contribution in [3.8, 4) is 0 Å². The normalized spacial score (nSPS) is 31.1. The van der Waals surface area contributed by atoms with Gasteiger partial charge in [-0.3, -0.25) is 4.79 Å². The Labute approximate surface area is 109 Å². The van der Waals surface area contributed by atoms with Crippen LogP contribution in [0.3, 0.4) is 0 Å². The summed E-state index contributed by atoms with van der Waals surface area (Å²) in [6.07, 6.45) is 3.00. The van der Waals surface area contributed by atoms with Crippen LogP contribution in [-0.2, 0) is 24.0 Å². The van der Waals surface area contributed by atoms with Gasteiger partial charge in [0.05, 0.1) is 12.7 Å². The fourth-order valence-electron chi connectivity index (χ4n) is 2.25. The summed E-state index contributed by atoms with van der Waals surface area (Å²) in [6.45, 7) is 5.83. The lowest BCUT2D eigenvalue weighted by Crippen LogP contribution is -2.55. The number of hydrogen-bond donors (Lipinski definition) is 0. The smallest absolute Gasteiger partial charge is 0.314 e. The van der Waals surface area contributed by atoms with Gasteiger partial charge in [0.25, 0.3) is 0 Å². The Morgan fingerprint density at radius 3 is 2.50 bits per heavy atom. The number of carbonyl (C=O) groups excluding carboxylic acids is 1. The third-order valence-electron chi connectivity index (χ3n) is 3.34. The van der Waals surface area contributed by atoms with Gasteiger partial charge in [-0.25, -0.2) is 4.89 Å². The van der Waals surface area contributed by atoms with Gasteiger partial charge in [0.15, 0.2) is 0 Å². The molecule has 2 atom stereocenters. The first kappa shape index (κ1) is 15.4. The van der Waals surface area contributed by atoms with E-state index in [0.29, 0.717) is 12.8 Å². The first-order valence-electron chi connectivity index (χ1n) is 6.40. The Morgan fingerprint density at radius 2 is 2.00 bits per heavy atom. The van der Waals surface area contributed by atoms with Gasteiger partial charge in [0.1, 0.15) is 5.92 Å². The highest BCUT2D eigenvalue weighted by Gasteiger charge is 2.53. The second-order valence-corrected chi connectivity index (χ2v) is 5.33. The number of carbonyl (C=O) groups is 1. The summed E-state index contributed by atoms with van der Waals surface area (Å²) in [5.74, 6) is -1.81. The average molecular weight is 260 g/mol. The number of ether oxygens (including phenoxy) is 2. The largest absolute Gasteiger partial charge is 0.469 e. The Bertz CT molecular complexity index is 289. The van der Waals surface area contributed by atoms with Gasteiger partial charge in [-0.1, -0.05) is 13.3 Å². The molecule has 0 aromatic carbocycles. The van der Waals surface area contributed by atoms with Crippen molar-refractivity contribution < 1.29 is 24.0 Å². The van der Waals surface area contributed by atoms with Gasteiger partial charge in [-0.2, -0.15) is 4.89 Å². The van der Waals surface area contributed by atoms with Crippen LogP contribution >= 0.6 is 0 Å². The average Bonchev–Trinajstić information content (AvgIpc) is 2.36. The van der Waals surface area contributed by atoms with Crippen molar-refractivity contribution in [3.05, 3.63) is 0 Å². The van der Waals surface area contributed by atoms with E-state index in [1.54, 1.807) is 0 Å². The van der Waals surface area contributed by atoms with Crippen LogP contribution in [0.1, 0.15) is 46.5 Å². The lowest BCUT2D eigenvalue weighted by Gasteiger charge is -2.45. The summed E-state index contributed by atoms with van der Waals surface area (Å²) in [5, 5.41) is 0. The zero-order valence-corrected chi connectivity index (χ0v) is 11.9. The first-order chi connectivity index (χ1) is 8.40. The molecule has 0 unspecified atom stereocenters. The Balaban J connectivity index is 2.94. The van der Waals surface area contributed by atoms with Gasteiger partial charge in [-0.15, -0.1) is 0 Å². The molecule has 1 fully saturated rings. The highest BCUT2D eigenvalue weighted by Crippen LogP contribution is 2.42. The Hall–Kier alpha value is -0.650. The summed E-state index contributed by atoms with van der Waals surface area (Å²) < 4.78 is 10.3. The van der Waals surface area contributed by atoms with E-state index >= 15 is 0 Å². The fourth-order valence-corrected chi connectivity index (χ4v) is 2.25. The van der Waals surface area contributed by atoms with Gasteiger partial charge < -0.3 is 9.47 Å². The standard InChI is InChI=1S/C13H24O5/c1-6-7-8-13(16-5)10(11(14)15-4)9-12(2,3)17-18-13/h10H,6-9H2,1-5H3/t10-,13+/m1/s1. The van der Waals surface area contributed by atoms with Crippen LogP contribution in [0.25, 0.3) is 0 Å². The molecule has 5 heteroatoms. The summed E-state index contributed by atoms with van der Waals surface area (Å²) >= 11 is 0. The number of methoxy groups -OCH3 is 2. The van der Waals surface area contributed by atoms with Gasteiger partial charge >= 0.3 is 5.97 Å². The van der Waals surface area contributed by atoms with E-state index in [9.17, 15) is 4.79 Å². The molecule has 1 aliphatic heterocycles. The molecule has 18 heavy (non-hydrogen) atoms. The van der Waals surface area contributed by atoms with E-state index in [1.807, 2.05) is 13.8 Å². The molecule has 1 rings (SSSR count). The zero-order chi connectivity index (χ0) is 13.8. The van der Waals surface area contributed by atoms with Crippen LogP contribution in [0.4, 0.5) is 0 Å². The Kier molecular flexibility index (Phi) is 5.13. The van der Waals surface area contributed by atoms with Crippen LogP contribution < -0.4 is 0 Å². The second-order valence-electron chi connectivity index (χ2n) is 5.33. The van der Waals surface area contributed by atoms with Crippen LogP contribution in [0.5, 0.6) is 0 Å². The van der Waals surface area contributed by atoms with Crippen molar-refractivity contribution >= 4 is 5.97 Å². The maximum Gasteiger partial charge on any atom is 0.314 e. The fraction of sp³-hybridized carbons (Fsp3) is 0.923. The molecule has 1 saturated heterocycles. The first-order valence-corrected chi connectivity index (χ1v) is 6.40. The SMILES string of the molecule is CCCC[C@]1(OC)OOC(C)(C)C[C@@H]1C(=O)OC. The van der Waals surface area contributed by atoms with E-state index in [0.717, 1.165) is 12.8 Å². The van der Waals surface area contributed by atoms with Crippen molar-refractivity contribution in [2.24, 2.45) is 5.92 Å². The number of esters is 1. The van der Waals surface area contributed by atoms with Crippen LogP contribution in [0.15, 0.2) is 0 Å². The third-order valence-corrected chi connectivity index (χ3v) is 3.34. The highest BCUT2D eigenvalue weighted by molar-refractivity contribution is 5.73. The molecule has 0 aliphatic carbocycles. The monoisotopic (exact) mass is 260 g/mol. The molecule has 0 saturated carbocycles. The van der Waals surface area contributed by atoms with Crippen LogP contribution in [-0.4, -0.2) is 31.6 Å². The molecule has 0 radical (unpaired) electrons. The van der Waals surface area contributed by atoms with Crippen molar-refractivity contribution in [2.45, 2.75) is 57.8 Å². The maximum atomic E-state index is 12.0. The maximum absolute atomic E-state index is 12.0. The summed E-state index contributed by atoms with van der Waals surface area (Å²) in [4.78, 5) is 22.8. The van der Waals surface area contributed by atoms with Crippen molar-refractivity contribution in [3.63, 3.8) is 0 Å². The minimum atomic E-state index is -1.03. The third kappa shape index (κ3) is 3.22. The molecular weight excluding hydrogens is 236 g/mol. The minimum absolute atomic E-state index is 0.315. The summed E-state index contributed by atoms with van der Waals surface area (Å²) in [7, 11) is 2.91. The molecule has 0 N–H and O–H groups in total. The minimum Gasteiger partial charge on any atom is -0.469 e. The second kappa shape index (κ2) is 5.99. The zero-order valence-electron chi connectivity index (χ0n) is 11.9. The predicted molar refractivity (Wildman–Crippen MR) is 65.6 cm³/mol. The molecule has 1 aliphatic rings. The van der Waals surface area contributed by atoms with Crippen molar-refractivity contribution in [1.29, 1.82) is 0 Å².